The molecule has 0 saturated carbocycles. The van der Waals surface area contributed by atoms with E-state index < -0.39 is 60.2 Å². The number of carbonyl (C=O) groups excluding carboxylic acids is 6. The molecule has 51 heavy (non-hydrogen) atoms. The summed E-state index contributed by atoms with van der Waals surface area (Å²) in [4.78, 5) is 74.6. The summed E-state index contributed by atoms with van der Waals surface area (Å²) in [6.45, 7) is 6.24. The number of carbonyl (C=O) groups is 6. The number of ether oxygens (including phenoxy) is 6. The van der Waals surface area contributed by atoms with Crippen LogP contribution in [0.1, 0.15) is 101 Å². The second kappa shape index (κ2) is 20.9. The summed E-state index contributed by atoms with van der Waals surface area (Å²) in [7, 11) is 0. The Bertz CT molecular complexity index is 1600. The Balaban J connectivity index is 1.33. The summed E-state index contributed by atoms with van der Waals surface area (Å²) < 4.78 is 32.0. The molecule has 3 aromatic carbocycles. The molecule has 0 aliphatic heterocycles. The predicted octanol–water partition coefficient (Wildman–Crippen LogP) is 6.31. The van der Waals surface area contributed by atoms with Gasteiger partial charge < -0.3 is 28.4 Å². The van der Waals surface area contributed by atoms with Crippen molar-refractivity contribution in [3.63, 3.8) is 0 Å². The van der Waals surface area contributed by atoms with Gasteiger partial charge in [0.2, 0.25) is 0 Å². The number of esters is 6. The Kier molecular flexibility index (Phi) is 16.3. The highest BCUT2D eigenvalue weighted by Gasteiger charge is 2.24. The molecule has 0 radical (unpaired) electrons. The highest BCUT2D eigenvalue weighted by atomic mass is 16.6. The van der Waals surface area contributed by atoms with E-state index in [4.69, 9.17) is 28.4 Å². The summed E-state index contributed by atoms with van der Waals surface area (Å²) in [5, 5.41) is 0. The third-order valence-corrected chi connectivity index (χ3v) is 7.24. The molecule has 0 fully saturated rings. The van der Waals surface area contributed by atoms with Gasteiger partial charge in [0.1, 0.15) is 37.6 Å². The number of unbranched alkanes of at least 4 members (excludes halogenated alkanes) is 1. The molecule has 0 N–H and O–H groups in total. The Hall–Kier alpha value is -5.52. The van der Waals surface area contributed by atoms with Crippen LogP contribution in [0.3, 0.4) is 0 Å². The topological polar surface area (TPSA) is 158 Å². The molecule has 0 heterocycles. The zero-order valence-corrected chi connectivity index (χ0v) is 29.2. The van der Waals surface area contributed by atoms with Gasteiger partial charge >= 0.3 is 35.8 Å². The van der Waals surface area contributed by atoms with Crippen LogP contribution in [0, 0.1) is 0 Å². The minimum absolute atomic E-state index is 0.00593. The number of benzene rings is 3. The van der Waals surface area contributed by atoms with Crippen LogP contribution < -0.4 is 0 Å². The van der Waals surface area contributed by atoms with Crippen molar-refractivity contribution in [2.24, 2.45) is 0 Å². The zero-order chi connectivity index (χ0) is 37.2. The second-order valence-electron chi connectivity index (χ2n) is 12.0. The molecular weight excluding hydrogens is 660 g/mol. The van der Waals surface area contributed by atoms with Gasteiger partial charge in [0.05, 0.1) is 22.3 Å². The predicted molar refractivity (Wildman–Crippen MR) is 184 cm³/mol. The third kappa shape index (κ3) is 14.5. The smallest absolute Gasteiger partial charge is 0.339 e. The van der Waals surface area contributed by atoms with E-state index in [-0.39, 0.29) is 43.6 Å². The fourth-order valence-electron chi connectivity index (χ4n) is 4.77. The van der Waals surface area contributed by atoms with Gasteiger partial charge in [-0.05, 0) is 76.9 Å². The zero-order valence-electron chi connectivity index (χ0n) is 29.2. The summed E-state index contributed by atoms with van der Waals surface area (Å²) >= 11 is 0. The van der Waals surface area contributed by atoms with Crippen LogP contribution in [0.25, 0.3) is 0 Å². The average molecular weight is 705 g/mol. The molecule has 4 atom stereocenters. The minimum atomic E-state index is -0.787. The molecule has 0 bridgehead atoms. The fraction of sp³-hybridized carbons (Fsp3) is 0.385. The first-order valence-electron chi connectivity index (χ1n) is 16.8. The van der Waals surface area contributed by atoms with E-state index in [1.165, 1.54) is 12.1 Å². The maximum Gasteiger partial charge on any atom is 0.339 e. The number of hydrogen-bond donors (Lipinski definition) is 0. The van der Waals surface area contributed by atoms with Crippen molar-refractivity contribution in [2.75, 3.05) is 13.2 Å². The highest BCUT2D eigenvalue weighted by Crippen LogP contribution is 2.17. The number of hydrogen-bond acceptors (Lipinski definition) is 12. The highest BCUT2D eigenvalue weighted by molar-refractivity contribution is 6.03. The maximum absolute atomic E-state index is 13.0. The van der Waals surface area contributed by atoms with Gasteiger partial charge in [0, 0.05) is 19.3 Å². The lowest BCUT2D eigenvalue weighted by Gasteiger charge is -2.19. The molecule has 0 aliphatic rings. The summed E-state index contributed by atoms with van der Waals surface area (Å²) in [6, 6.07) is 22.9. The summed E-state index contributed by atoms with van der Waals surface area (Å²) in [5.41, 5.74) is 0.751. The van der Waals surface area contributed by atoms with Crippen LogP contribution in [0.5, 0.6) is 0 Å². The van der Waals surface area contributed by atoms with Crippen LogP contribution in [0.2, 0.25) is 0 Å². The van der Waals surface area contributed by atoms with Gasteiger partial charge in [-0.15, -0.1) is 0 Å². The molecule has 0 saturated heterocycles. The first-order chi connectivity index (χ1) is 24.4. The lowest BCUT2D eigenvalue weighted by Crippen LogP contribution is -2.26. The maximum atomic E-state index is 13.0. The van der Waals surface area contributed by atoms with Crippen LogP contribution in [0.15, 0.2) is 84.9 Å². The summed E-state index contributed by atoms with van der Waals surface area (Å²) in [6.07, 6.45) is -1.50. The first-order valence-corrected chi connectivity index (χ1v) is 16.8. The van der Waals surface area contributed by atoms with Crippen molar-refractivity contribution in [3.8, 4) is 0 Å². The van der Waals surface area contributed by atoms with Gasteiger partial charge in [0.15, 0.2) is 0 Å². The SMILES string of the molecule is CC(COC(=O)c1ccccc1)OC(=O)CCCCC(=O)OC(C)CC(C)OC(=O)c1ccccc1C(=O)OC(C)COC(=O)c1ccccc1. The molecule has 0 aromatic heterocycles. The molecule has 12 nitrogen and oxygen atoms in total. The van der Waals surface area contributed by atoms with E-state index in [1.54, 1.807) is 100 Å². The fourth-order valence-corrected chi connectivity index (χ4v) is 4.77. The van der Waals surface area contributed by atoms with Crippen LogP contribution in [0.4, 0.5) is 0 Å². The largest absolute Gasteiger partial charge is 0.463 e. The van der Waals surface area contributed by atoms with Crippen molar-refractivity contribution < 1.29 is 57.2 Å². The Morgan fingerprint density at radius 1 is 0.451 bits per heavy atom. The van der Waals surface area contributed by atoms with Crippen molar-refractivity contribution in [2.45, 2.75) is 84.2 Å². The molecule has 12 heteroatoms. The van der Waals surface area contributed by atoms with Crippen molar-refractivity contribution in [3.05, 3.63) is 107 Å². The van der Waals surface area contributed by atoms with Crippen molar-refractivity contribution in [1.29, 1.82) is 0 Å². The van der Waals surface area contributed by atoms with E-state index in [2.05, 4.69) is 0 Å². The van der Waals surface area contributed by atoms with Crippen LogP contribution in [-0.2, 0) is 38.0 Å². The van der Waals surface area contributed by atoms with Gasteiger partial charge in [0.25, 0.3) is 0 Å². The Morgan fingerprint density at radius 3 is 1.25 bits per heavy atom. The summed E-state index contributed by atoms with van der Waals surface area (Å²) in [5.74, 6) is -3.53. The number of rotatable bonds is 19. The van der Waals surface area contributed by atoms with Gasteiger partial charge in [-0.2, -0.15) is 0 Å². The Labute approximate surface area is 297 Å². The van der Waals surface area contributed by atoms with E-state index in [9.17, 15) is 28.8 Å². The lowest BCUT2D eigenvalue weighted by atomic mass is 10.1. The minimum Gasteiger partial charge on any atom is -0.463 e. The molecule has 4 unspecified atom stereocenters. The van der Waals surface area contributed by atoms with E-state index in [0.29, 0.717) is 24.0 Å². The van der Waals surface area contributed by atoms with Crippen LogP contribution >= 0.6 is 0 Å². The normalized spacial score (nSPS) is 13.0. The van der Waals surface area contributed by atoms with Crippen LogP contribution in [-0.4, -0.2) is 73.4 Å². The van der Waals surface area contributed by atoms with Gasteiger partial charge in [-0.1, -0.05) is 48.5 Å². The Morgan fingerprint density at radius 2 is 0.804 bits per heavy atom. The molecule has 0 aliphatic carbocycles. The third-order valence-electron chi connectivity index (χ3n) is 7.24. The molecule has 3 rings (SSSR count). The van der Waals surface area contributed by atoms with Crippen molar-refractivity contribution >= 4 is 35.8 Å². The molecule has 3 aromatic rings. The molecule has 272 valence electrons. The standard InChI is InChI=1S/C39H44O12/c1-26(48-34(40)21-13-14-22-35(41)49-28(3)24-46-36(42)30-15-7-5-8-16-30)23-27(2)50-38(44)32-19-11-12-20-33(32)39(45)51-29(4)25-47-37(43)31-17-9-6-10-18-31/h5-12,15-20,26-29H,13-14,21-25H2,1-4H3. The molecule has 0 spiro atoms. The van der Waals surface area contributed by atoms with Gasteiger partial charge in [-0.3, -0.25) is 9.59 Å². The van der Waals surface area contributed by atoms with Crippen molar-refractivity contribution in [1.82, 2.24) is 0 Å². The van der Waals surface area contributed by atoms with E-state index >= 15 is 0 Å². The molecular formula is C39H44O12. The van der Waals surface area contributed by atoms with E-state index in [0.717, 1.165) is 0 Å². The quantitative estimate of drug-likeness (QED) is 0.0780. The second-order valence-corrected chi connectivity index (χ2v) is 12.0. The van der Waals surface area contributed by atoms with E-state index in [1.807, 2.05) is 0 Å². The van der Waals surface area contributed by atoms with Gasteiger partial charge in [-0.25, -0.2) is 19.2 Å². The average Bonchev–Trinajstić information content (AvgIpc) is 3.11. The first kappa shape index (κ1) is 39.9. The molecule has 0 amide bonds. The lowest BCUT2D eigenvalue weighted by molar-refractivity contribution is -0.152. The monoisotopic (exact) mass is 704 g/mol.